The van der Waals surface area contributed by atoms with Gasteiger partial charge >= 0.3 is 12.4 Å². The number of nitrogen functional groups attached to an aromatic ring is 2. The van der Waals surface area contributed by atoms with Gasteiger partial charge in [0.1, 0.15) is 11.4 Å². The predicted octanol–water partition coefficient (Wildman–Crippen LogP) is 9.69. The Kier molecular flexibility index (Phi) is 15.5. The molecule has 0 bridgehead atoms. The van der Waals surface area contributed by atoms with Crippen LogP contribution in [0.4, 0.5) is 49.4 Å². The van der Waals surface area contributed by atoms with Gasteiger partial charge in [0, 0.05) is 67.3 Å². The van der Waals surface area contributed by atoms with E-state index in [9.17, 15) is 45.8 Å². The van der Waals surface area contributed by atoms with Crippen LogP contribution in [0.1, 0.15) is 72.3 Å². The molecule has 0 spiro atoms. The smallest absolute Gasteiger partial charge is 0.392 e. The number of aromatic nitrogens is 6. The van der Waals surface area contributed by atoms with E-state index < -0.39 is 35.6 Å². The number of rotatable bonds is 9. The summed E-state index contributed by atoms with van der Waals surface area (Å²) in [5.41, 5.74) is 16.3. The molecule has 2 fully saturated rings. The van der Waals surface area contributed by atoms with Crippen molar-refractivity contribution in [2.75, 3.05) is 60.5 Å². The molecule has 4 aliphatic heterocycles. The molecule has 2 atom stereocenters. The number of carbonyl (C=O) groups is 3. The Morgan fingerprint density at radius 2 is 1.08 bits per heavy atom. The molecule has 7 N–H and O–H groups in total. The van der Waals surface area contributed by atoms with Gasteiger partial charge in [-0.1, -0.05) is 83.1 Å². The third-order valence-corrected chi connectivity index (χ3v) is 15.8. The second-order valence-electron chi connectivity index (χ2n) is 21.4. The lowest BCUT2D eigenvalue weighted by atomic mass is 9.98. The van der Waals surface area contributed by atoms with Crippen molar-refractivity contribution in [1.29, 1.82) is 0 Å². The molecular weight excluding hydrogens is 1140 g/mol. The number of hydrogen-bond donors (Lipinski definition) is 5. The fourth-order valence-corrected chi connectivity index (χ4v) is 11.5. The summed E-state index contributed by atoms with van der Waals surface area (Å²) < 4.78 is 96.1. The number of nitrogens with one attached hydrogen (secondary N) is 1. The molecule has 0 aliphatic carbocycles. The van der Waals surface area contributed by atoms with Gasteiger partial charge in [-0.25, -0.2) is 9.36 Å². The number of alkyl halides is 6. The van der Waals surface area contributed by atoms with Crippen LogP contribution in [0.5, 0.6) is 0 Å². The number of amides is 2. The van der Waals surface area contributed by atoms with Gasteiger partial charge < -0.3 is 45.8 Å². The molecule has 4 aliphatic rings. The van der Waals surface area contributed by atoms with Gasteiger partial charge in [-0.05, 0) is 121 Å². The first-order valence-electron chi connectivity index (χ1n) is 27.8. The first-order valence-corrected chi connectivity index (χ1v) is 27.8. The van der Waals surface area contributed by atoms with E-state index >= 15 is 0 Å². The van der Waals surface area contributed by atoms with E-state index in [0.717, 1.165) is 75.9 Å². The third kappa shape index (κ3) is 11.4. The lowest BCUT2D eigenvalue weighted by Crippen LogP contribution is -2.39. The number of benzene rings is 6. The van der Waals surface area contributed by atoms with Crippen LogP contribution < -0.4 is 26.6 Å². The van der Waals surface area contributed by atoms with Crippen LogP contribution in [-0.2, 0) is 31.7 Å². The molecule has 25 heteroatoms. The predicted molar refractivity (Wildman–Crippen MR) is 310 cm³/mol. The lowest BCUT2D eigenvalue weighted by molar-refractivity contribution is -0.142. The van der Waals surface area contributed by atoms with Gasteiger partial charge in [0.2, 0.25) is 0 Å². The van der Waals surface area contributed by atoms with Crippen molar-refractivity contribution in [3.63, 3.8) is 0 Å². The number of anilines is 4. The number of nitrogens with zero attached hydrogens (tertiary/aromatic N) is 9. The van der Waals surface area contributed by atoms with Crippen LogP contribution in [0.3, 0.4) is 0 Å². The number of aliphatic hydroxyl groups excluding tert-OH is 2. The maximum atomic E-state index is 14.0. The molecular formula is C62H54F6N12O7. The number of aliphatic hydroxyl groups is 2. The Labute approximate surface area is 490 Å². The van der Waals surface area contributed by atoms with Crippen molar-refractivity contribution < 1.29 is 60.0 Å². The molecule has 0 saturated carbocycles. The lowest BCUT2D eigenvalue weighted by Gasteiger charge is -2.28. The summed E-state index contributed by atoms with van der Waals surface area (Å²) in [7, 11) is 0. The number of halogens is 6. The molecule has 87 heavy (non-hydrogen) atoms. The van der Waals surface area contributed by atoms with Gasteiger partial charge in [0.25, 0.3) is 11.8 Å². The van der Waals surface area contributed by atoms with Crippen molar-refractivity contribution in [3.8, 4) is 33.6 Å². The van der Waals surface area contributed by atoms with Crippen molar-refractivity contribution in [3.05, 3.63) is 178 Å². The number of β-amino-alcohol motifs (C(OH)–C–C–N with tert-alkyl or cyclic N) is 2. The highest BCUT2D eigenvalue weighted by molar-refractivity contribution is 6.09. The molecule has 4 aromatic heterocycles. The highest BCUT2D eigenvalue weighted by Gasteiger charge is 2.45. The van der Waals surface area contributed by atoms with Gasteiger partial charge in [-0.2, -0.15) is 36.5 Å². The SMILES string of the molecule is Nc1noc2ccc(-n3nc(C(F)(F)F)c4c3C(=O)N(c3ccc(-c5ccccc5C=O)cc3)CC4)cc12.Nc1noc2ccc(-n3nc(C(F)(F)F)c4c3C(=O)N(c3ccc(-c5ccccc5CN5CC[C@@H](O)C5)cc3)CC4)cc12.O[C@@H]1CCNC1. The second kappa shape index (κ2) is 23.3. The van der Waals surface area contributed by atoms with E-state index in [4.69, 9.17) is 25.6 Å². The molecule has 10 aromatic rings. The number of carbonyl (C=O) groups excluding carboxylic acids is 3. The Balaban J connectivity index is 0.000000156. The summed E-state index contributed by atoms with van der Waals surface area (Å²) in [4.78, 5) is 44.1. The van der Waals surface area contributed by atoms with Crippen molar-refractivity contribution in [1.82, 2.24) is 40.1 Å². The Hall–Kier alpha value is -9.69. The number of nitrogens with two attached hydrogens (primary N) is 2. The summed E-state index contributed by atoms with van der Waals surface area (Å²) in [5.74, 6) is -1.04. The quantitative estimate of drug-likeness (QED) is 0.0666. The van der Waals surface area contributed by atoms with Crippen LogP contribution >= 0.6 is 0 Å². The van der Waals surface area contributed by atoms with E-state index in [1.165, 1.54) is 46.2 Å². The summed E-state index contributed by atoms with van der Waals surface area (Å²) in [6.45, 7) is 4.08. The van der Waals surface area contributed by atoms with Crippen LogP contribution in [0.25, 0.3) is 55.6 Å². The molecule has 6 aromatic carbocycles. The molecule has 446 valence electrons. The van der Waals surface area contributed by atoms with Crippen LogP contribution in [0, 0.1) is 0 Å². The topological polar surface area (TPSA) is 253 Å². The zero-order chi connectivity index (χ0) is 60.9. The average Bonchev–Trinajstić information content (AvgIpc) is 2.02. The normalized spacial score (nSPS) is 17.1. The molecule has 14 rings (SSSR count). The Bertz CT molecular complexity index is 4230. The summed E-state index contributed by atoms with van der Waals surface area (Å²) in [6, 6.07) is 38.6. The molecule has 0 unspecified atom stereocenters. The average molecular weight is 1190 g/mol. The van der Waals surface area contributed by atoms with Gasteiger partial charge in [0.15, 0.2) is 40.5 Å². The molecule has 0 radical (unpaired) electrons. The number of hydrogen-bond acceptors (Lipinski definition) is 15. The highest BCUT2D eigenvalue weighted by Crippen LogP contribution is 2.41. The maximum Gasteiger partial charge on any atom is 0.435 e. The monoisotopic (exact) mass is 1190 g/mol. The standard InChI is InChI=1S/C31H27F3N6O3.C27H18F3N5O3.C4H9NO/c32-31(33,34)28-24-12-14-39(30(42)27(24)40(36-28)21-9-10-26-25(15-21)29(35)37-43-26)20-7-5-18(6-8-20)23-4-2-1-3-19(23)16-38-13-11-22(41)17-38;28-27(29,30)24-20-11-12-34(17-7-5-15(6-8-17)19-4-2-1-3-16(19)14-36)26(37)23(20)35(32-24)18-9-10-22-21(13-18)25(31)33-38-22;6-4-1-2-5-3-4/h1-10,15,22,41H,11-14,16-17H2,(H2,35,37);1-10,13-14H,11-12H2,(H2,31,33);4-6H,1-3H2/t22-;;4-/m1.1/s1. The Morgan fingerprint density at radius 3 is 1.53 bits per heavy atom. The zero-order valence-corrected chi connectivity index (χ0v) is 46.1. The Morgan fingerprint density at radius 1 is 0.598 bits per heavy atom. The number of likely N-dealkylation sites (tertiary alicyclic amines) is 1. The summed E-state index contributed by atoms with van der Waals surface area (Å²) in [5, 5.41) is 37.5. The van der Waals surface area contributed by atoms with Gasteiger partial charge in [0.05, 0.1) is 34.4 Å². The van der Waals surface area contributed by atoms with Crippen LogP contribution in [0.15, 0.2) is 143 Å². The first-order chi connectivity index (χ1) is 41.8. The third-order valence-electron chi connectivity index (χ3n) is 15.8. The van der Waals surface area contributed by atoms with Crippen molar-refractivity contribution in [2.45, 2.75) is 56.8 Å². The molecule has 2 saturated heterocycles. The van der Waals surface area contributed by atoms with Crippen LogP contribution in [-0.4, -0.2) is 115 Å². The fourth-order valence-electron chi connectivity index (χ4n) is 11.5. The van der Waals surface area contributed by atoms with Crippen LogP contribution in [0.2, 0.25) is 0 Å². The molecule has 19 nitrogen and oxygen atoms in total. The fraction of sp³-hybridized carbons (Fsp3) is 0.242. The minimum atomic E-state index is -4.74. The first kappa shape index (κ1) is 57.7. The zero-order valence-electron chi connectivity index (χ0n) is 46.1. The van der Waals surface area contributed by atoms with E-state index in [0.29, 0.717) is 52.0 Å². The minimum absolute atomic E-state index is 0.0141. The highest BCUT2D eigenvalue weighted by atomic mass is 19.4. The van der Waals surface area contributed by atoms with Crippen molar-refractivity contribution >= 4 is 63.0 Å². The second-order valence-corrected chi connectivity index (χ2v) is 21.4. The maximum absolute atomic E-state index is 14.0. The van der Waals surface area contributed by atoms with E-state index in [-0.39, 0.29) is 83.7 Å². The van der Waals surface area contributed by atoms with Gasteiger partial charge in [-0.3, -0.25) is 19.3 Å². The molecule has 2 amide bonds. The van der Waals surface area contributed by atoms with Crippen molar-refractivity contribution in [2.24, 2.45) is 0 Å². The molecule has 8 heterocycles. The number of aldehydes is 1. The van der Waals surface area contributed by atoms with Gasteiger partial charge in [-0.15, -0.1) is 0 Å². The number of fused-ring (bicyclic) bond motifs is 4. The van der Waals surface area contributed by atoms with E-state index in [1.54, 1.807) is 36.4 Å². The minimum Gasteiger partial charge on any atom is -0.392 e. The summed E-state index contributed by atoms with van der Waals surface area (Å²) >= 11 is 0. The van der Waals surface area contributed by atoms with E-state index in [1.807, 2.05) is 54.6 Å². The summed E-state index contributed by atoms with van der Waals surface area (Å²) in [6.07, 6.45) is -7.45. The van der Waals surface area contributed by atoms with E-state index in [2.05, 4.69) is 36.8 Å². The largest absolute Gasteiger partial charge is 0.435 e.